The number of alkyl halides is 3. The van der Waals surface area contributed by atoms with E-state index in [-0.39, 0.29) is 12.0 Å². The van der Waals surface area contributed by atoms with Crippen LogP contribution in [0.1, 0.15) is 33.6 Å². The zero-order valence-electron chi connectivity index (χ0n) is 13.0. The van der Waals surface area contributed by atoms with Crippen molar-refractivity contribution < 1.29 is 27.4 Å². The van der Waals surface area contributed by atoms with Gasteiger partial charge in [0.15, 0.2) is 6.54 Å². The topological polar surface area (TPSA) is 44.9 Å². The van der Waals surface area contributed by atoms with E-state index in [1.807, 2.05) is 20.8 Å². The normalized spacial score (nSPS) is 20.2. The number of nitrogens with zero attached hydrogens (tertiary/aromatic N) is 3. The minimum Gasteiger partial charge on any atom is -0.444 e. The molecular weight excluding hydrogens is 299 g/mol. The number of ether oxygens (including phenoxy) is 1. The Balaban J connectivity index is 1.74. The number of rotatable bonds is 2. The van der Waals surface area contributed by atoms with Crippen molar-refractivity contribution in [3.05, 3.63) is 11.9 Å². The van der Waals surface area contributed by atoms with Crippen LogP contribution in [0.25, 0.3) is 0 Å². The van der Waals surface area contributed by atoms with E-state index in [1.165, 1.54) is 4.70 Å². The van der Waals surface area contributed by atoms with Crippen LogP contribution in [0.5, 0.6) is 0 Å². The van der Waals surface area contributed by atoms with E-state index in [0.717, 1.165) is 19.0 Å². The maximum Gasteiger partial charge on any atom is 0.445 e. The smallest absolute Gasteiger partial charge is 0.444 e. The van der Waals surface area contributed by atoms with Gasteiger partial charge in [-0.2, -0.15) is 13.2 Å². The predicted molar refractivity (Wildman–Crippen MR) is 72.2 cm³/mol. The Morgan fingerprint density at radius 1 is 1.36 bits per heavy atom. The highest BCUT2D eigenvalue weighted by molar-refractivity contribution is 5.68. The molecule has 0 aromatic carbocycles. The molecule has 1 saturated heterocycles. The molecule has 0 aliphatic carbocycles. The molecule has 1 fully saturated rings. The summed E-state index contributed by atoms with van der Waals surface area (Å²) in [5.41, 5.74) is -1.36. The second-order valence-electron chi connectivity index (χ2n) is 6.64. The molecule has 0 saturated carbocycles. The fourth-order valence-electron chi connectivity index (χ4n) is 2.39. The van der Waals surface area contributed by atoms with Gasteiger partial charge < -0.3 is 9.64 Å². The molecule has 0 spiro atoms. The molecule has 2 heterocycles. The van der Waals surface area contributed by atoms with Gasteiger partial charge in [0.05, 0.1) is 0 Å². The van der Waals surface area contributed by atoms with Crippen LogP contribution in [0.2, 0.25) is 0 Å². The molecule has 0 radical (unpaired) electrons. The number of allylic oxidation sites excluding steroid dienone is 1. The second-order valence-corrected chi connectivity index (χ2v) is 6.64. The van der Waals surface area contributed by atoms with Crippen molar-refractivity contribution in [2.45, 2.75) is 45.4 Å². The third kappa shape index (κ3) is 4.45. The molecule has 1 amide bonds. The molecule has 2 rings (SSSR count). The number of halogens is 3. The summed E-state index contributed by atoms with van der Waals surface area (Å²) in [4.78, 5) is 13.5. The number of carbonyl (C=O) groups is 1. The Morgan fingerprint density at radius 3 is 2.36 bits per heavy atom. The molecule has 0 N–H and O–H groups in total. The van der Waals surface area contributed by atoms with Crippen LogP contribution >= 0.6 is 0 Å². The van der Waals surface area contributed by atoms with Crippen molar-refractivity contribution in [1.82, 2.24) is 4.90 Å². The molecule has 8 heteroatoms. The van der Waals surface area contributed by atoms with Crippen molar-refractivity contribution >= 4 is 6.09 Å². The maximum atomic E-state index is 12.3. The van der Waals surface area contributed by atoms with Crippen LogP contribution in [0, 0.1) is 5.92 Å². The van der Waals surface area contributed by atoms with Crippen molar-refractivity contribution in [2.24, 2.45) is 11.0 Å². The molecule has 124 valence electrons. The molecule has 5 nitrogen and oxygen atoms in total. The van der Waals surface area contributed by atoms with Crippen LogP contribution < -0.4 is 0 Å². The van der Waals surface area contributed by atoms with Crippen LogP contribution in [-0.2, 0) is 4.74 Å². The first kappa shape index (κ1) is 16.8. The lowest BCUT2D eigenvalue weighted by Gasteiger charge is -2.32. The summed E-state index contributed by atoms with van der Waals surface area (Å²) >= 11 is 0. The van der Waals surface area contributed by atoms with Gasteiger partial charge in [0.1, 0.15) is 5.60 Å². The lowest BCUT2D eigenvalue weighted by atomic mass is 9.97. The van der Waals surface area contributed by atoms with E-state index in [1.54, 1.807) is 4.90 Å². The van der Waals surface area contributed by atoms with Gasteiger partial charge in [0, 0.05) is 24.1 Å². The average molecular weight is 320 g/mol. The maximum absolute atomic E-state index is 12.3. The Morgan fingerprint density at radius 2 is 1.91 bits per heavy atom. The van der Waals surface area contributed by atoms with Crippen molar-refractivity contribution in [1.29, 1.82) is 0 Å². The van der Waals surface area contributed by atoms with Crippen molar-refractivity contribution in [2.75, 3.05) is 19.6 Å². The van der Waals surface area contributed by atoms with Crippen molar-refractivity contribution in [3.63, 3.8) is 0 Å². The van der Waals surface area contributed by atoms with E-state index in [4.69, 9.17) is 4.74 Å². The number of amides is 1. The summed E-state index contributed by atoms with van der Waals surface area (Å²) in [5, 5.41) is 3.45. The van der Waals surface area contributed by atoms with E-state index >= 15 is 0 Å². The quantitative estimate of drug-likeness (QED) is 0.731. The first-order valence-corrected chi connectivity index (χ1v) is 7.30. The zero-order chi connectivity index (χ0) is 16.5. The highest BCUT2D eigenvalue weighted by atomic mass is 19.4. The van der Waals surface area contributed by atoms with Crippen LogP contribution in [0.3, 0.4) is 0 Å². The first-order valence-electron chi connectivity index (χ1n) is 7.30. The fraction of sp³-hybridized carbons (Fsp3) is 0.786. The summed E-state index contributed by atoms with van der Waals surface area (Å²) in [6.45, 7) is 7.02. The summed E-state index contributed by atoms with van der Waals surface area (Å²) < 4.78 is 43.5. The largest absolute Gasteiger partial charge is 0.445 e. The van der Waals surface area contributed by atoms with Gasteiger partial charge in [0.2, 0.25) is 6.20 Å². The fourth-order valence-corrected chi connectivity index (χ4v) is 2.39. The third-order valence-corrected chi connectivity index (χ3v) is 3.51. The Hall–Kier alpha value is -1.60. The predicted octanol–water partition coefficient (Wildman–Crippen LogP) is 3.52. The molecule has 0 aromatic rings. The first-order chi connectivity index (χ1) is 10.0. The minimum atomic E-state index is -4.36. The highest BCUT2D eigenvalue weighted by Gasteiger charge is 2.44. The lowest BCUT2D eigenvalue weighted by molar-refractivity contribution is -0.558. The van der Waals surface area contributed by atoms with E-state index in [2.05, 4.69) is 5.11 Å². The molecule has 0 atom stereocenters. The minimum absolute atomic E-state index is 0.230. The SMILES string of the molecule is CC(C)(C)OC(=O)N1CCC(C[N+]2=NC(C(F)(F)F)=C2)CC1. The van der Waals surface area contributed by atoms with Gasteiger partial charge in [-0.3, -0.25) is 0 Å². The van der Waals surface area contributed by atoms with Gasteiger partial charge in [-0.15, -0.1) is 0 Å². The van der Waals surface area contributed by atoms with Crippen LogP contribution in [0.4, 0.5) is 18.0 Å². The van der Waals surface area contributed by atoms with Crippen molar-refractivity contribution in [3.8, 4) is 0 Å². The Labute approximate surface area is 127 Å². The van der Waals surface area contributed by atoms with Gasteiger partial charge in [0.25, 0.3) is 5.70 Å². The molecule has 0 aromatic heterocycles. The molecule has 0 bridgehead atoms. The third-order valence-electron chi connectivity index (χ3n) is 3.51. The summed E-state index contributed by atoms with van der Waals surface area (Å²) in [5.74, 6) is 0.230. The highest BCUT2D eigenvalue weighted by Crippen LogP contribution is 2.31. The van der Waals surface area contributed by atoms with Gasteiger partial charge in [-0.1, -0.05) is 4.70 Å². The van der Waals surface area contributed by atoms with E-state index < -0.39 is 17.5 Å². The molecule has 2 aliphatic rings. The monoisotopic (exact) mass is 320 g/mol. The summed E-state index contributed by atoms with van der Waals surface area (Å²) in [7, 11) is 0. The number of carbonyl (C=O) groups excluding carboxylic acids is 1. The van der Waals surface area contributed by atoms with Gasteiger partial charge >= 0.3 is 12.3 Å². The second kappa shape index (κ2) is 5.89. The standard InChI is InChI=1S/C14H21F3N3O2/c1-13(2,3)22-12(21)19-6-4-10(5-7-19)8-20-9-11(18-20)14(15,16)17/h9-10H,4-8H2,1-3H3/q+1. The molecule has 22 heavy (non-hydrogen) atoms. The Kier molecular flexibility index (Phi) is 4.49. The number of piperidine rings is 1. The molecule has 0 unspecified atom stereocenters. The zero-order valence-corrected chi connectivity index (χ0v) is 13.0. The number of hydrogen-bond acceptors (Lipinski definition) is 3. The van der Waals surface area contributed by atoms with Crippen LogP contribution in [-0.4, -0.2) is 47.1 Å². The van der Waals surface area contributed by atoms with E-state index in [9.17, 15) is 18.0 Å². The Bertz CT molecular complexity index is 498. The van der Waals surface area contributed by atoms with Gasteiger partial charge in [-0.05, 0) is 33.6 Å². The number of likely N-dealkylation sites (tertiary alicyclic amines) is 1. The summed E-state index contributed by atoms with van der Waals surface area (Å²) in [6.07, 6.45) is -2.20. The lowest BCUT2D eigenvalue weighted by Crippen LogP contribution is -2.43. The van der Waals surface area contributed by atoms with Crippen LogP contribution in [0.15, 0.2) is 17.0 Å². The molecule has 2 aliphatic heterocycles. The number of hydrogen-bond donors (Lipinski definition) is 0. The molecular formula is C14H21F3N3O2+. The number of azo groups is 2. The van der Waals surface area contributed by atoms with E-state index in [0.29, 0.717) is 19.6 Å². The summed E-state index contributed by atoms with van der Waals surface area (Å²) in [6, 6.07) is 0. The van der Waals surface area contributed by atoms with Gasteiger partial charge in [-0.25, -0.2) is 4.79 Å². The average Bonchev–Trinajstić information content (AvgIpc) is 2.30.